The molecule has 0 aliphatic carbocycles. The Hall–Kier alpha value is -2.17. The summed E-state index contributed by atoms with van der Waals surface area (Å²) in [5.74, 6) is 1.17. The summed E-state index contributed by atoms with van der Waals surface area (Å²) in [7, 11) is 0. The van der Waals surface area contributed by atoms with Gasteiger partial charge in [-0.05, 0) is 25.8 Å². The molecule has 1 aromatic carbocycles. The maximum absolute atomic E-state index is 11.9. The molecule has 2 rings (SSSR count). The van der Waals surface area contributed by atoms with Crippen molar-refractivity contribution >= 4 is 5.91 Å². The van der Waals surface area contributed by atoms with Crippen molar-refractivity contribution in [2.45, 2.75) is 52.0 Å². The van der Waals surface area contributed by atoms with Crippen LogP contribution < -0.4 is 5.32 Å². The average molecular weight is 301 g/mol. The Labute approximate surface area is 131 Å². The Morgan fingerprint density at radius 1 is 1.27 bits per heavy atom. The second-order valence-corrected chi connectivity index (χ2v) is 6.05. The van der Waals surface area contributed by atoms with E-state index in [1.165, 1.54) is 0 Å². The monoisotopic (exact) mass is 301 g/mol. The van der Waals surface area contributed by atoms with Crippen LogP contribution in [0.25, 0.3) is 0 Å². The Morgan fingerprint density at radius 3 is 2.68 bits per heavy atom. The number of nitrogens with one attached hydrogen (secondary N) is 1. The van der Waals surface area contributed by atoms with Crippen molar-refractivity contribution in [3.05, 3.63) is 47.6 Å². The van der Waals surface area contributed by atoms with Crippen molar-refractivity contribution < 1.29 is 9.32 Å². The van der Waals surface area contributed by atoms with E-state index in [9.17, 15) is 4.79 Å². The van der Waals surface area contributed by atoms with E-state index in [-0.39, 0.29) is 11.4 Å². The summed E-state index contributed by atoms with van der Waals surface area (Å²) in [6, 6.07) is 9.99. The van der Waals surface area contributed by atoms with Gasteiger partial charge < -0.3 is 9.84 Å². The van der Waals surface area contributed by atoms with Crippen LogP contribution in [0.15, 0.2) is 34.9 Å². The Bertz CT molecular complexity index is 605. The van der Waals surface area contributed by atoms with E-state index in [0.29, 0.717) is 31.0 Å². The number of hydrogen-bond acceptors (Lipinski definition) is 4. The first-order valence-corrected chi connectivity index (χ1v) is 7.65. The number of rotatable bonds is 7. The third-order valence-electron chi connectivity index (χ3n) is 3.64. The number of aromatic nitrogens is 2. The van der Waals surface area contributed by atoms with Crippen LogP contribution >= 0.6 is 0 Å². The highest BCUT2D eigenvalue weighted by Gasteiger charge is 2.18. The molecular formula is C17H23N3O2. The molecule has 22 heavy (non-hydrogen) atoms. The van der Waals surface area contributed by atoms with Crippen molar-refractivity contribution in [2.24, 2.45) is 0 Å². The van der Waals surface area contributed by atoms with E-state index in [1.807, 2.05) is 51.1 Å². The average Bonchev–Trinajstić information content (AvgIpc) is 2.93. The molecule has 0 bridgehead atoms. The van der Waals surface area contributed by atoms with Crippen molar-refractivity contribution in [3.8, 4) is 0 Å². The quantitative estimate of drug-likeness (QED) is 0.854. The molecular weight excluding hydrogens is 278 g/mol. The number of aryl methyl sites for hydroxylation is 1. The van der Waals surface area contributed by atoms with Crippen molar-refractivity contribution in [1.29, 1.82) is 0 Å². The minimum absolute atomic E-state index is 0.00894. The lowest BCUT2D eigenvalue weighted by Crippen LogP contribution is -2.42. The second-order valence-electron chi connectivity index (χ2n) is 6.05. The van der Waals surface area contributed by atoms with Gasteiger partial charge in [0.15, 0.2) is 5.82 Å². The Balaban J connectivity index is 1.83. The van der Waals surface area contributed by atoms with E-state index in [4.69, 9.17) is 4.52 Å². The first-order chi connectivity index (χ1) is 10.5. The Kier molecular flexibility index (Phi) is 5.31. The highest BCUT2D eigenvalue weighted by Crippen LogP contribution is 2.10. The molecule has 5 nitrogen and oxygen atoms in total. The summed E-state index contributed by atoms with van der Waals surface area (Å²) in [4.78, 5) is 16.2. The van der Waals surface area contributed by atoms with Crippen LogP contribution in [0, 0.1) is 0 Å². The molecule has 5 heteroatoms. The SMILES string of the molecule is CCC(C)(C)NC(=O)CCc1nc(Cc2ccccc2)no1. The maximum atomic E-state index is 11.9. The van der Waals surface area contributed by atoms with Crippen molar-refractivity contribution in [1.82, 2.24) is 15.5 Å². The van der Waals surface area contributed by atoms with Gasteiger partial charge in [-0.2, -0.15) is 4.98 Å². The maximum Gasteiger partial charge on any atom is 0.227 e. The van der Waals surface area contributed by atoms with Crippen LogP contribution in [0.2, 0.25) is 0 Å². The molecule has 2 aromatic rings. The first kappa shape index (κ1) is 16.2. The van der Waals surface area contributed by atoms with E-state index >= 15 is 0 Å². The van der Waals surface area contributed by atoms with E-state index < -0.39 is 0 Å². The molecule has 0 spiro atoms. The number of carbonyl (C=O) groups excluding carboxylic acids is 1. The lowest BCUT2D eigenvalue weighted by Gasteiger charge is -2.24. The summed E-state index contributed by atoms with van der Waals surface area (Å²) in [6.45, 7) is 6.07. The fourth-order valence-corrected chi connectivity index (χ4v) is 1.99. The van der Waals surface area contributed by atoms with Crippen LogP contribution in [0.3, 0.4) is 0 Å². The summed E-state index contributed by atoms with van der Waals surface area (Å²) < 4.78 is 5.20. The second kappa shape index (κ2) is 7.20. The summed E-state index contributed by atoms with van der Waals surface area (Å²) in [5, 5.41) is 6.96. The molecule has 1 amide bonds. The van der Waals surface area contributed by atoms with E-state index in [1.54, 1.807) is 0 Å². The molecule has 1 aromatic heterocycles. The zero-order valence-corrected chi connectivity index (χ0v) is 13.4. The highest BCUT2D eigenvalue weighted by molar-refractivity contribution is 5.76. The number of benzene rings is 1. The summed E-state index contributed by atoms with van der Waals surface area (Å²) in [6.07, 6.45) is 2.35. The van der Waals surface area contributed by atoms with Crippen molar-refractivity contribution in [3.63, 3.8) is 0 Å². The van der Waals surface area contributed by atoms with Gasteiger partial charge in [-0.15, -0.1) is 0 Å². The molecule has 0 aliphatic rings. The molecule has 1 N–H and O–H groups in total. The molecule has 118 valence electrons. The highest BCUT2D eigenvalue weighted by atomic mass is 16.5. The van der Waals surface area contributed by atoms with Gasteiger partial charge in [0.05, 0.1) is 0 Å². The van der Waals surface area contributed by atoms with Crippen LogP contribution in [0.1, 0.15) is 50.9 Å². The summed E-state index contributed by atoms with van der Waals surface area (Å²) >= 11 is 0. The molecule has 0 radical (unpaired) electrons. The van der Waals surface area contributed by atoms with Crippen LogP contribution in [0.5, 0.6) is 0 Å². The van der Waals surface area contributed by atoms with E-state index in [0.717, 1.165) is 12.0 Å². The molecule has 0 saturated carbocycles. The van der Waals surface area contributed by atoms with Gasteiger partial charge in [-0.25, -0.2) is 0 Å². The molecule has 0 aliphatic heterocycles. The number of hydrogen-bond donors (Lipinski definition) is 1. The van der Waals surface area contributed by atoms with Gasteiger partial charge in [0, 0.05) is 24.8 Å². The molecule has 0 atom stereocenters. The third kappa shape index (κ3) is 4.98. The molecule has 0 saturated heterocycles. The van der Waals surface area contributed by atoms with Gasteiger partial charge in [-0.1, -0.05) is 42.4 Å². The van der Waals surface area contributed by atoms with Gasteiger partial charge in [0.25, 0.3) is 0 Å². The normalized spacial score (nSPS) is 11.4. The minimum Gasteiger partial charge on any atom is -0.351 e. The zero-order valence-electron chi connectivity index (χ0n) is 13.4. The molecule has 0 unspecified atom stereocenters. The lowest BCUT2D eigenvalue weighted by molar-refractivity contribution is -0.122. The van der Waals surface area contributed by atoms with Crippen LogP contribution in [-0.4, -0.2) is 21.6 Å². The van der Waals surface area contributed by atoms with Crippen molar-refractivity contribution in [2.75, 3.05) is 0 Å². The molecule has 0 fully saturated rings. The third-order valence-corrected chi connectivity index (χ3v) is 3.64. The van der Waals surface area contributed by atoms with Gasteiger partial charge in [0.1, 0.15) is 0 Å². The van der Waals surface area contributed by atoms with Gasteiger partial charge >= 0.3 is 0 Å². The molecule has 1 heterocycles. The van der Waals surface area contributed by atoms with E-state index in [2.05, 4.69) is 15.5 Å². The van der Waals surface area contributed by atoms with Crippen LogP contribution in [-0.2, 0) is 17.6 Å². The predicted octanol–water partition coefficient (Wildman–Crippen LogP) is 2.90. The lowest BCUT2D eigenvalue weighted by atomic mass is 10.0. The van der Waals surface area contributed by atoms with Gasteiger partial charge in [-0.3, -0.25) is 4.79 Å². The Morgan fingerprint density at radius 2 is 2.00 bits per heavy atom. The largest absolute Gasteiger partial charge is 0.351 e. The number of carbonyl (C=O) groups is 1. The fourth-order valence-electron chi connectivity index (χ4n) is 1.99. The topological polar surface area (TPSA) is 68.0 Å². The number of amides is 1. The zero-order chi connectivity index (χ0) is 16.0. The minimum atomic E-state index is -0.176. The predicted molar refractivity (Wildman–Crippen MR) is 84.4 cm³/mol. The van der Waals surface area contributed by atoms with Gasteiger partial charge in [0.2, 0.25) is 11.8 Å². The fraction of sp³-hybridized carbons (Fsp3) is 0.471. The summed E-state index contributed by atoms with van der Waals surface area (Å²) in [5.41, 5.74) is 0.960. The first-order valence-electron chi connectivity index (χ1n) is 7.65. The number of nitrogens with zero attached hydrogens (tertiary/aromatic N) is 2. The standard InChI is InChI=1S/C17H23N3O2/c1-4-17(2,3)19-15(21)10-11-16-18-14(20-22-16)12-13-8-6-5-7-9-13/h5-9H,4,10-12H2,1-3H3,(H,19,21). The van der Waals surface area contributed by atoms with Crippen LogP contribution in [0.4, 0.5) is 0 Å². The smallest absolute Gasteiger partial charge is 0.227 e.